The van der Waals surface area contributed by atoms with E-state index < -0.39 is 101 Å². The summed E-state index contributed by atoms with van der Waals surface area (Å²) < 4.78 is 28.9. The molecule has 4 aromatic rings. The summed E-state index contributed by atoms with van der Waals surface area (Å²) >= 11 is 0. The lowest BCUT2D eigenvalue weighted by Gasteiger charge is -2.33. The Morgan fingerprint density at radius 3 is 1.66 bits per heavy atom. The van der Waals surface area contributed by atoms with Crippen LogP contribution in [0.15, 0.2) is 84.9 Å². The van der Waals surface area contributed by atoms with Gasteiger partial charge in [-0.3, -0.25) is 28.8 Å². The van der Waals surface area contributed by atoms with E-state index in [2.05, 4.69) is 31.9 Å². The Labute approximate surface area is 506 Å². The smallest absolute Gasteiger partial charge is 0.407 e. The Hall–Kier alpha value is -9.22. The van der Waals surface area contributed by atoms with Crippen molar-refractivity contribution in [2.24, 2.45) is 0 Å². The van der Waals surface area contributed by atoms with Gasteiger partial charge in [-0.1, -0.05) is 54.1 Å². The number of nitrogens with zero attached hydrogens (tertiary/aromatic N) is 2. The summed E-state index contributed by atoms with van der Waals surface area (Å²) in [6, 6.07) is 18.1. The lowest BCUT2D eigenvalue weighted by Crippen LogP contribution is -2.55. The molecule has 0 aliphatic carbocycles. The van der Waals surface area contributed by atoms with E-state index in [0.29, 0.717) is 10.6 Å². The number of carbonyl (C=O) groups is 10. The Kier molecular flexibility index (Phi) is 22.5. The van der Waals surface area contributed by atoms with Crippen LogP contribution < -0.4 is 41.4 Å². The molecule has 2 aliphatic heterocycles. The molecule has 0 saturated carbocycles. The molecule has 468 valence electrons. The van der Waals surface area contributed by atoms with Gasteiger partial charge >= 0.3 is 24.2 Å². The van der Waals surface area contributed by atoms with Crippen molar-refractivity contribution < 1.29 is 76.5 Å². The van der Waals surface area contributed by atoms with Gasteiger partial charge < -0.3 is 65.3 Å². The van der Waals surface area contributed by atoms with Gasteiger partial charge in [0.15, 0.2) is 0 Å². The maximum absolute atomic E-state index is 15.3. The Morgan fingerprint density at radius 1 is 0.632 bits per heavy atom. The van der Waals surface area contributed by atoms with Gasteiger partial charge in [0.05, 0.1) is 13.1 Å². The minimum absolute atomic E-state index is 0.0257. The molecule has 9 amide bonds. The molecule has 1 saturated heterocycles. The van der Waals surface area contributed by atoms with Gasteiger partial charge in [0, 0.05) is 49.5 Å². The van der Waals surface area contributed by atoms with Gasteiger partial charge in [-0.05, 0) is 148 Å². The topological polar surface area (TPSA) is 305 Å². The lowest BCUT2D eigenvalue weighted by atomic mass is 9.93. The van der Waals surface area contributed by atoms with Crippen molar-refractivity contribution in [3.8, 4) is 33.8 Å². The number of hydrogen-bond acceptors (Lipinski definition) is 16. The molecule has 1 fully saturated rings. The molecule has 0 radical (unpaired) electrons. The minimum Gasteiger partial charge on any atom is -0.491 e. The second-order valence-electron chi connectivity index (χ2n) is 24.0. The second kappa shape index (κ2) is 29.2. The predicted molar refractivity (Wildman–Crippen MR) is 319 cm³/mol. The van der Waals surface area contributed by atoms with Crippen molar-refractivity contribution in [2.75, 3.05) is 39.9 Å². The monoisotopic (exact) mass is 1200 g/mol. The van der Waals surface area contributed by atoms with Gasteiger partial charge in [0.25, 0.3) is 17.7 Å². The second-order valence-corrected chi connectivity index (χ2v) is 24.0. The van der Waals surface area contributed by atoms with Crippen molar-refractivity contribution >= 4 is 59.7 Å². The lowest BCUT2D eigenvalue weighted by molar-refractivity contribution is -0.199. The first-order valence-corrected chi connectivity index (χ1v) is 28.7. The van der Waals surface area contributed by atoms with E-state index >= 15 is 9.59 Å². The number of amides is 9. The van der Waals surface area contributed by atoms with Crippen LogP contribution in [0.5, 0.6) is 11.5 Å². The Morgan fingerprint density at radius 2 is 1.13 bits per heavy atom. The number of benzene rings is 4. The van der Waals surface area contributed by atoms with E-state index in [0.717, 1.165) is 21.6 Å². The summed E-state index contributed by atoms with van der Waals surface area (Å²) in [5.41, 5.74) is 1.71. The molecule has 4 bridgehead atoms. The molecule has 24 nitrogen and oxygen atoms in total. The highest BCUT2D eigenvalue weighted by molar-refractivity contribution is 6.02. The summed E-state index contributed by atoms with van der Waals surface area (Å²) in [7, 11) is 1.35. The van der Waals surface area contributed by atoms with Crippen molar-refractivity contribution in [1.29, 1.82) is 0 Å². The predicted octanol–water partition coefficient (Wildman–Crippen LogP) is 6.89. The minimum atomic E-state index is -1.61. The third kappa shape index (κ3) is 20.2. The van der Waals surface area contributed by atoms with Crippen molar-refractivity contribution in [2.45, 2.75) is 149 Å². The van der Waals surface area contributed by atoms with Crippen LogP contribution in [-0.2, 0) is 54.2 Å². The maximum atomic E-state index is 15.3. The number of likely N-dealkylation sites (N-methyl/N-ethyl adjacent to an activating group) is 1. The number of rotatable bonds is 19. The number of alkyl carbamates (subject to hydrolysis) is 3. The van der Waals surface area contributed by atoms with Crippen molar-refractivity contribution in [3.05, 3.63) is 107 Å². The van der Waals surface area contributed by atoms with E-state index in [4.69, 9.17) is 28.5 Å². The van der Waals surface area contributed by atoms with Gasteiger partial charge in [0.2, 0.25) is 17.7 Å². The fourth-order valence-electron chi connectivity index (χ4n) is 9.04. The standard InChI is InChI=1S/C63H80N8O16/c1-37-15-18-40(19-16-37)41-20-22-42(23-21-41)54(75)68-46(14-13-29-64-58(79)84-61(3,4)5)56(77)70(12)52-43-24-26-49(83-33-31-66-60(81)86-63(9,10)11)45(36-43)44-34-39(17-25-48(44)82-32-30-65-59(80)85-62(6,7)8)35-47(69-53(74)38(2)67-55(52)76)57(78)87-71-50(72)27-28-51(71)73/h15-26,34,36,38,46-47,52H,13-14,27-33,35H2,1-12H3,(H,64,79)(H,65,80)(H,66,81)(H,67,76)(H,68,75)(H,69,74)/t38-,46-,47-,52-/m0/s1. The summed E-state index contributed by atoms with van der Waals surface area (Å²) in [5.74, 6) is -5.56. The zero-order valence-corrected chi connectivity index (χ0v) is 51.4. The van der Waals surface area contributed by atoms with Gasteiger partial charge in [-0.2, -0.15) is 0 Å². The molecule has 2 heterocycles. The molecular weight excluding hydrogens is 1120 g/mol. The molecule has 6 rings (SSSR count). The van der Waals surface area contributed by atoms with E-state index in [-0.39, 0.29) is 98.7 Å². The Balaban J connectivity index is 1.45. The number of carbonyl (C=O) groups excluding carboxylic acids is 10. The fraction of sp³-hybridized carbons (Fsp3) is 0.460. The third-order valence-corrected chi connectivity index (χ3v) is 13.1. The average Bonchev–Trinajstić information content (AvgIpc) is 2.05. The highest BCUT2D eigenvalue weighted by Gasteiger charge is 2.39. The number of imide groups is 1. The largest absolute Gasteiger partial charge is 0.491 e. The summed E-state index contributed by atoms with van der Waals surface area (Å²) in [6.07, 6.45) is -2.74. The van der Waals surface area contributed by atoms with Crippen molar-refractivity contribution in [3.63, 3.8) is 0 Å². The van der Waals surface area contributed by atoms with Crippen LogP contribution >= 0.6 is 0 Å². The summed E-state index contributed by atoms with van der Waals surface area (Å²) in [5, 5.41) is 16.5. The quantitative estimate of drug-likeness (QED) is 0.0316. The SMILES string of the molecule is Cc1ccc(-c2ccc(C(=O)N[C@@H](CCCNC(=O)OC(C)(C)C)C(=O)N(C)[C@@H]3C(=O)N[C@@H](C)C(=O)N[C@H](C(=O)ON4C(=O)CCC4=O)Cc4ccc(OCCNC(=O)OC(C)(C)C)c(c4)-c4cc3ccc4OCCNC(=O)OC(C)(C)C)cc2)cc1. The first-order valence-electron chi connectivity index (χ1n) is 28.7. The zero-order valence-electron chi connectivity index (χ0n) is 51.4. The van der Waals surface area contributed by atoms with Crippen LogP contribution in [0.25, 0.3) is 22.3 Å². The van der Waals surface area contributed by atoms with Crippen LogP contribution in [0.3, 0.4) is 0 Å². The highest BCUT2D eigenvalue weighted by Crippen LogP contribution is 2.40. The van der Waals surface area contributed by atoms with E-state index in [1.54, 1.807) is 111 Å². The molecule has 6 N–H and O–H groups in total. The molecule has 4 aromatic carbocycles. The molecule has 87 heavy (non-hydrogen) atoms. The molecule has 2 aliphatic rings. The summed E-state index contributed by atoms with van der Waals surface area (Å²) in [4.78, 5) is 143. The first-order chi connectivity index (χ1) is 40.8. The Bertz CT molecular complexity index is 3170. The highest BCUT2D eigenvalue weighted by atomic mass is 16.7. The van der Waals surface area contributed by atoms with Gasteiger partial charge in [0.1, 0.15) is 65.7 Å². The van der Waals surface area contributed by atoms with Crippen LogP contribution in [0.2, 0.25) is 0 Å². The molecule has 0 spiro atoms. The normalized spacial score (nSPS) is 16.6. The number of ether oxygens (including phenoxy) is 5. The number of nitrogens with one attached hydrogen (secondary N) is 6. The first kappa shape index (κ1) is 66.9. The molecule has 0 aromatic heterocycles. The fourth-order valence-corrected chi connectivity index (χ4v) is 9.04. The molecular formula is C63H80N8O16. The zero-order chi connectivity index (χ0) is 64.0. The molecule has 0 unspecified atom stereocenters. The maximum Gasteiger partial charge on any atom is 0.407 e. The number of aryl methyl sites for hydroxylation is 1. The van der Waals surface area contributed by atoms with Crippen LogP contribution in [-0.4, -0.2) is 144 Å². The number of fused-ring (bicyclic) bond motifs is 5. The average molecular weight is 1210 g/mol. The van der Waals surface area contributed by atoms with E-state index in [1.807, 2.05) is 31.2 Å². The summed E-state index contributed by atoms with van der Waals surface area (Å²) in [6.45, 7) is 18.4. The molecule has 4 atom stereocenters. The van der Waals surface area contributed by atoms with E-state index in [1.165, 1.54) is 26.1 Å². The molecule has 24 heteroatoms. The van der Waals surface area contributed by atoms with Crippen LogP contribution in [0.1, 0.15) is 128 Å². The third-order valence-electron chi connectivity index (χ3n) is 13.1. The number of hydroxylamine groups is 2. The van der Waals surface area contributed by atoms with Crippen molar-refractivity contribution in [1.82, 2.24) is 41.9 Å². The van der Waals surface area contributed by atoms with Crippen LogP contribution in [0.4, 0.5) is 14.4 Å². The van der Waals surface area contributed by atoms with E-state index in [9.17, 15) is 38.4 Å². The van der Waals surface area contributed by atoms with Crippen LogP contribution in [0, 0.1) is 6.92 Å². The van der Waals surface area contributed by atoms with Gasteiger partial charge in [-0.15, -0.1) is 5.06 Å². The number of hydrogen-bond donors (Lipinski definition) is 6. The van der Waals surface area contributed by atoms with Gasteiger partial charge in [-0.25, -0.2) is 19.2 Å².